The summed E-state index contributed by atoms with van der Waals surface area (Å²) in [5, 5.41) is 0. The van der Waals surface area contributed by atoms with Crippen LogP contribution in [0.5, 0.6) is 0 Å². The number of carbonyl (C=O) groups excluding carboxylic acids is 1. The molecule has 0 saturated carbocycles. The molecule has 0 unspecified atom stereocenters. The summed E-state index contributed by atoms with van der Waals surface area (Å²) in [5.74, 6) is 0.0949. The fraction of sp³-hybridized carbons (Fsp3) is 0.429. The van der Waals surface area contributed by atoms with Gasteiger partial charge in [0.2, 0.25) is 0 Å². The van der Waals surface area contributed by atoms with Gasteiger partial charge in [0.1, 0.15) is 6.29 Å². The summed E-state index contributed by atoms with van der Waals surface area (Å²) in [6.45, 7) is 10.3. The van der Waals surface area contributed by atoms with E-state index in [4.69, 9.17) is 11.3 Å². The summed E-state index contributed by atoms with van der Waals surface area (Å²) in [4.78, 5) is 13.1. The first-order valence-corrected chi connectivity index (χ1v) is 2.92. The van der Waals surface area contributed by atoms with Crippen LogP contribution in [-0.2, 0) is 9.53 Å². The minimum atomic E-state index is 0.0949. The predicted molar refractivity (Wildman–Crippen MR) is 37.0 cm³/mol. The highest BCUT2D eigenvalue weighted by molar-refractivity contribution is 5.73. The lowest BCUT2D eigenvalue weighted by Crippen LogP contribution is -1.91. The van der Waals surface area contributed by atoms with E-state index in [9.17, 15) is 4.79 Å². The quantitative estimate of drug-likeness (QED) is 0.256. The zero-order valence-electron chi connectivity index (χ0n) is 6.05. The molecule has 0 fully saturated rings. The molecule has 0 heterocycles. The van der Waals surface area contributed by atoms with Crippen LogP contribution in [0.2, 0.25) is 0 Å². The fourth-order valence-corrected chi connectivity index (χ4v) is 0.421. The Morgan fingerprint density at radius 3 is 2.70 bits per heavy atom. The molecule has 0 rings (SSSR count). The number of rotatable bonds is 3. The van der Waals surface area contributed by atoms with Crippen LogP contribution in [0.25, 0.3) is 4.85 Å². The molecular formula is C7H9NO2. The molecule has 0 amide bonds. The number of hydrogen-bond donors (Lipinski definition) is 0. The van der Waals surface area contributed by atoms with Crippen molar-refractivity contribution in [3.05, 3.63) is 22.9 Å². The first-order chi connectivity index (χ1) is 4.76. The minimum Gasteiger partial charge on any atom is -0.517 e. The third-order valence-corrected chi connectivity index (χ3v) is 0.897. The molecule has 0 spiro atoms. The topological polar surface area (TPSA) is 30.7 Å². The summed E-state index contributed by atoms with van der Waals surface area (Å²) in [7, 11) is 0. The van der Waals surface area contributed by atoms with Crippen molar-refractivity contribution >= 4 is 6.29 Å². The van der Waals surface area contributed by atoms with Gasteiger partial charge >= 0.3 is 5.88 Å². The van der Waals surface area contributed by atoms with Crippen LogP contribution in [-0.4, -0.2) is 12.9 Å². The number of carbonyl (C=O) groups is 1. The highest BCUT2D eigenvalue weighted by atomic mass is 16.5. The summed E-state index contributed by atoms with van der Waals surface area (Å²) in [6.07, 6.45) is 0.614. The number of hydrogen-bond acceptors (Lipinski definition) is 2. The average Bonchev–Trinajstić information content (AvgIpc) is 1.99. The summed E-state index contributed by atoms with van der Waals surface area (Å²) in [6, 6.07) is 0. The monoisotopic (exact) mass is 139 g/mol. The Hall–Kier alpha value is -1.30. The number of ether oxygens (including phenoxy) is 1. The lowest BCUT2D eigenvalue weighted by molar-refractivity contribution is -0.105. The van der Waals surface area contributed by atoms with E-state index in [0.29, 0.717) is 18.5 Å². The Kier molecular flexibility index (Phi) is 3.97. The lowest BCUT2D eigenvalue weighted by Gasteiger charge is -1.99. The van der Waals surface area contributed by atoms with E-state index in [2.05, 4.69) is 4.85 Å². The molecule has 0 aromatic carbocycles. The first-order valence-electron chi connectivity index (χ1n) is 2.92. The fourth-order valence-electron chi connectivity index (χ4n) is 0.421. The molecule has 0 aliphatic heterocycles. The van der Waals surface area contributed by atoms with Crippen LogP contribution >= 0.6 is 0 Å². The molecule has 54 valence electrons. The zero-order valence-corrected chi connectivity index (χ0v) is 6.05. The molecule has 0 aromatic rings. The van der Waals surface area contributed by atoms with Crippen molar-refractivity contribution < 1.29 is 9.53 Å². The normalized spacial score (nSPS) is 11.3. The van der Waals surface area contributed by atoms with Gasteiger partial charge in [0.15, 0.2) is 0 Å². The number of allylic oxidation sites excluding steroid dienone is 1. The molecular weight excluding hydrogens is 130 g/mol. The smallest absolute Gasteiger partial charge is 0.346 e. The molecule has 0 aliphatic carbocycles. The van der Waals surface area contributed by atoms with E-state index in [1.807, 2.05) is 0 Å². The van der Waals surface area contributed by atoms with E-state index in [1.165, 1.54) is 0 Å². The largest absolute Gasteiger partial charge is 0.517 e. The van der Waals surface area contributed by atoms with Gasteiger partial charge in [-0.1, -0.05) is 0 Å². The van der Waals surface area contributed by atoms with Gasteiger partial charge < -0.3 is 4.74 Å². The van der Waals surface area contributed by atoms with Crippen molar-refractivity contribution in [3.8, 4) is 0 Å². The molecule has 3 heteroatoms. The second-order valence-electron chi connectivity index (χ2n) is 1.65. The summed E-state index contributed by atoms with van der Waals surface area (Å²) >= 11 is 0. The average molecular weight is 139 g/mol. The van der Waals surface area contributed by atoms with Crippen molar-refractivity contribution in [2.45, 2.75) is 13.8 Å². The van der Waals surface area contributed by atoms with E-state index in [-0.39, 0.29) is 5.88 Å². The number of aldehydes is 1. The highest BCUT2D eigenvalue weighted by Crippen LogP contribution is 2.04. The third kappa shape index (κ3) is 2.31. The maximum atomic E-state index is 10.1. The first kappa shape index (κ1) is 8.70. The third-order valence-electron chi connectivity index (χ3n) is 0.897. The van der Waals surface area contributed by atoms with Gasteiger partial charge in [-0.3, -0.25) is 4.79 Å². The van der Waals surface area contributed by atoms with E-state index < -0.39 is 0 Å². The van der Waals surface area contributed by atoms with E-state index in [0.717, 1.165) is 0 Å². The highest BCUT2D eigenvalue weighted by Gasteiger charge is 1.99. The van der Waals surface area contributed by atoms with Gasteiger partial charge in [-0.25, -0.2) is 0 Å². The van der Waals surface area contributed by atoms with Crippen molar-refractivity contribution in [1.29, 1.82) is 0 Å². The second kappa shape index (κ2) is 4.57. The predicted octanol–water partition coefficient (Wildman–Crippen LogP) is 1.37. The molecule has 0 radical (unpaired) electrons. The molecule has 0 saturated heterocycles. The molecule has 3 nitrogen and oxygen atoms in total. The Labute approximate surface area is 60.1 Å². The van der Waals surface area contributed by atoms with Gasteiger partial charge in [0, 0.05) is 5.57 Å². The maximum absolute atomic E-state index is 10.1. The van der Waals surface area contributed by atoms with Gasteiger partial charge in [0.05, 0.1) is 13.2 Å². The SMILES string of the molecule is [C-]#[N+]/C(OCC)=C(/C)C=O. The molecule has 0 aliphatic rings. The second-order valence-corrected chi connectivity index (χ2v) is 1.65. The van der Waals surface area contributed by atoms with Crippen molar-refractivity contribution in [1.82, 2.24) is 0 Å². The molecule has 0 atom stereocenters. The minimum absolute atomic E-state index is 0.0949. The van der Waals surface area contributed by atoms with Crippen LogP contribution in [0.1, 0.15) is 13.8 Å². The molecule has 0 bridgehead atoms. The molecule has 0 N–H and O–H groups in total. The Morgan fingerprint density at radius 1 is 1.80 bits per heavy atom. The Bertz CT molecular complexity index is 188. The standard InChI is InChI=1S/C7H9NO2/c1-4-10-7(8-3)6(2)5-9/h5H,4H2,1-2H3/b7-6+. The van der Waals surface area contributed by atoms with Crippen LogP contribution in [0.4, 0.5) is 0 Å². The van der Waals surface area contributed by atoms with Gasteiger partial charge in [-0.05, 0) is 13.8 Å². The lowest BCUT2D eigenvalue weighted by atomic mass is 10.3. The number of nitrogens with zero attached hydrogens (tertiary/aromatic N) is 1. The van der Waals surface area contributed by atoms with Crippen LogP contribution in [0.3, 0.4) is 0 Å². The maximum Gasteiger partial charge on any atom is 0.346 e. The Balaban J connectivity index is 4.33. The van der Waals surface area contributed by atoms with Crippen molar-refractivity contribution in [2.75, 3.05) is 6.61 Å². The molecule has 10 heavy (non-hydrogen) atoms. The van der Waals surface area contributed by atoms with E-state index >= 15 is 0 Å². The van der Waals surface area contributed by atoms with E-state index in [1.54, 1.807) is 13.8 Å². The Morgan fingerprint density at radius 2 is 2.40 bits per heavy atom. The summed E-state index contributed by atoms with van der Waals surface area (Å²) < 4.78 is 4.84. The summed E-state index contributed by atoms with van der Waals surface area (Å²) in [5.41, 5.74) is 0.344. The van der Waals surface area contributed by atoms with Crippen molar-refractivity contribution in [3.63, 3.8) is 0 Å². The van der Waals surface area contributed by atoms with Crippen LogP contribution in [0, 0.1) is 6.57 Å². The van der Waals surface area contributed by atoms with Gasteiger partial charge in [-0.15, -0.1) is 0 Å². The van der Waals surface area contributed by atoms with Gasteiger partial charge in [0.25, 0.3) is 0 Å². The van der Waals surface area contributed by atoms with Crippen molar-refractivity contribution in [2.24, 2.45) is 0 Å². The molecule has 0 aromatic heterocycles. The van der Waals surface area contributed by atoms with Crippen LogP contribution in [0.15, 0.2) is 11.5 Å². The van der Waals surface area contributed by atoms with Gasteiger partial charge in [-0.2, -0.15) is 4.85 Å². The van der Waals surface area contributed by atoms with Crippen LogP contribution < -0.4 is 0 Å². The zero-order chi connectivity index (χ0) is 7.98.